The molecule has 0 spiro atoms. The third-order valence-electron chi connectivity index (χ3n) is 7.27. The average molecular weight is 481 g/mol. The SMILES string of the molecule is O=C1C=C(CC2CC(c3cccc4[nH]c(=O)[nH]c34)CCN2)C=C(c2ccccc2)C1C1=NCN=CN1. The Kier molecular flexibility index (Phi) is 5.95. The molecule has 0 amide bonds. The fourth-order valence-corrected chi connectivity index (χ4v) is 5.66. The molecule has 2 aromatic carbocycles. The van der Waals surface area contributed by atoms with Gasteiger partial charge >= 0.3 is 5.69 Å². The largest absolute Gasteiger partial charge is 0.334 e. The van der Waals surface area contributed by atoms with Gasteiger partial charge in [0.05, 0.1) is 17.4 Å². The van der Waals surface area contributed by atoms with E-state index in [-0.39, 0.29) is 17.5 Å². The second-order valence-electron chi connectivity index (χ2n) is 9.59. The van der Waals surface area contributed by atoms with Crippen molar-refractivity contribution < 1.29 is 4.79 Å². The van der Waals surface area contributed by atoms with Gasteiger partial charge in [-0.3, -0.25) is 9.79 Å². The number of benzene rings is 2. The van der Waals surface area contributed by atoms with Crippen molar-refractivity contribution in [3.63, 3.8) is 0 Å². The van der Waals surface area contributed by atoms with Crippen molar-refractivity contribution in [2.45, 2.75) is 31.2 Å². The molecule has 8 nitrogen and oxygen atoms in total. The number of amidine groups is 1. The first-order valence-electron chi connectivity index (χ1n) is 12.4. The fourth-order valence-electron chi connectivity index (χ4n) is 5.66. The molecule has 3 atom stereocenters. The minimum absolute atomic E-state index is 0.0370. The number of nitrogens with one attached hydrogen (secondary N) is 4. The summed E-state index contributed by atoms with van der Waals surface area (Å²) in [6, 6.07) is 16.3. The molecule has 1 fully saturated rings. The third-order valence-corrected chi connectivity index (χ3v) is 7.27. The van der Waals surface area contributed by atoms with Gasteiger partial charge in [-0.05, 0) is 66.1 Å². The number of carbonyl (C=O) groups excluding carboxylic acids is 1. The number of piperidine rings is 1. The number of rotatable bonds is 5. The van der Waals surface area contributed by atoms with Crippen molar-refractivity contribution in [1.82, 2.24) is 20.6 Å². The Morgan fingerprint density at radius 3 is 2.69 bits per heavy atom. The summed E-state index contributed by atoms with van der Waals surface area (Å²) in [5, 5.41) is 6.73. The maximum absolute atomic E-state index is 13.4. The molecule has 1 aromatic heterocycles. The predicted octanol–water partition coefficient (Wildman–Crippen LogP) is 3.28. The van der Waals surface area contributed by atoms with Crippen LogP contribution >= 0.6 is 0 Å². The van der Waals surface area contributed by atoms with E-state index in [4.69, 9.17) is 0 Å². The number of ketones is 1. The standard InChI is InChI=1S/C28H28N6O2/c35-24-13-17(12-22(18-5-2-1-3-6-18)25(24)27-31-15-29-16-32-27)11-20-14-19(9-10-30-20)21-7-4-8-23-26(21)34-28(36)33-23/h1-8,12-13,15,19-20,25,30H,9-11,14,16H2,(H,29,31,32)(H2,33,34,36). The highest BCUT2D eigenvalue weighted by Gasteiger charge is 2.33. The number of aromatic amines is 2. The van der Waals surface area contributed by atoms with E-state index in [1.54, 1.807) is 12.4 Å². The zero-order valence-corrected chi connectivity index (χ0v) is 19.8. The van der Waals surface area contributed by atoms with Crippen LogP contribution in [0.25, 0.3) is 16.6 Å². The highest BCUT2D eigenvalue weighted by molar-refractivity contribution is 6.20. The van der Waals surface area contributed by atoms with Crippen molar-refractivity contribution in [3.8, 4) is 0 Å². The minimum atomic E-state index is -0.460. The first kappa shape index (κ1) is 22.4. The number of carbonyl (C=O) groups is 1. The highest BCUT2D eigenvalue weighted by atomic mass is 16.1. The fraction of sp³-hybridized carbons (Fsp3) is 0.286. The number of imidazole rings is 1. The Balaban J connectivity index is 1.26. The molecule has 3 unspecified atom stereocenters. The van der Waals surface area contributed by atoms with Gasteiger partial charge in [-0.1, -0.05) is 48.5 Å². The quantitative estimate of drug-likeness (QED) is 0.449. The molecule has 1 aliphatic carbocycles. The Labute approximate surface area is 208 Å². The molecule has 4 N–H and O–H groups in total. The van der Waals surface area contributed by atoms with Gasteiger partial charge < -0.3 is 20.6 Å². The number of hydrogen-bond donors (Lipinski definition) is 4. The smallest absolute Gasteiger partial charge is 0.323 e. The summed E-state index contributed by atoms with van der Waals surface area (Å²) in [7, 11) is 0. The summed E-state index contributed by atoms with van der Waals surface area (Å²) in [4.78, 5) is 39.7. The van der Waals surface area contributed by atoms with Gasteiger partial charge in [-0.15, -0.1) is 0 Å². The van der Waals surface area contributed by atoms with E-state index in [1.807, 2.05) is 42.5 Å². The van der Waals surface area contributed by atoms with Gasteiger partial charge in [0.1, 0.15) is 18.4 Å². The van der Waals surface area contributed by atoms with Crippen molar-refractivity contribution >= 4 is 34.6 Å². The summed E-state index contributed by atoms with van der Waals surface area (Å²) in [5.74, 6) is 0.550. The van der Waals surface area contributed by atoms with Crippen LogP contribution < -0.4 is 16.3 Å². The van der Waals surface area contributed by atoms with Crippen molar-refractivity contribution in [3.05, 3.63) is 87.9 Å². The van der Waals surface area contributed by atoms with Gasteiger partial charge in [0.25, 0.3) is 0 Å². The predicted molar refractivity (Wildman–Crippen MR) is 142 cm³/mol. The lowest BCUT2D eigenvalue weighted by atomic mass is 9.79. The topological polar surface area (TPSA) is 114 Å². The van der Waals surface area contributed by atoms with Gasteiger partial charge in [0.2, 0.25) is 0 Å². The van der Waals surface area contributed by atoms with E-state index in [0.717, 1.165) is 53.6 Å². The number of nitrogens with zero attached hydrogens (tertiary/aromatic N) is 2. The third kappa shape index (κ3) is 4.35. The molecule has 3 aromatic rings. The van der Waals surface area contributed by atoms with Crippen molar-refractivity contribution in [2.75, 3.05) is 13.2 Å². The molecule has 6 rings (SSSR count). The summed E-state index contributed by atoms with van der Waals surface area (Å²) in [6.07, 6.45) is 8.24. The van der Waals surface area contributed by atoms with Crippen LogP contribution in [0, 0.1) is 5.92 Å². The first-order valence-corrected chi connectivity index (χ1v) is 12.4. The van der Waals surface area contributed by atoms with E-state index in [9.17, 15) is 9.59 Å². The first-order chi connectivity index (χ1) is 17.7. The summed E-state index contributed by atoms with van der Waals surface area (Å²) in [6.45, 7) is 1.22. The molecule has 0 bridgehead atoms. The number of aliphatic imine (C=N–C) groups is 2. The second-order valence-corrected chi connectivity index (χ2v) is 9.59. The van der Waals surface area contributed by atoms with Gasteiger partial charge in [0, 0.05) is 6.04 Å². The van der Waals surface area contributed by atoms with Crippen molar-refractivity contribution in [2.24, 2.45) is 15.9 Å². The molecule has 8 heteroatoms. The number of aromatic nitrogens is 2. The average Bonchev–Trinajstić information content (AvgIpc) is 3.30. The molecular formula is C28H28N6O2. The Bertz CT molecular complexity index is 1480. The molecular weight excluding hydrogens is 452 g/mol. The molecule has 3 heterocycles. The summed E-state index contributed by atoms with van der Waals surface area (Å²) < 4.78 is 0. The van der Waals surface area contributed by atoms with Crippen LogP contribution in [0.2, 0.25) is 0 Å². The molecule has 2 aliphatic heterocycles. The van der Waals surface area contributed by atoms with E-state index >= 15 is 0 Å². The van der Waals surface area contributed by atoms with E-state index in [2.05, 4.69) is 42.7 Å². The van der Waals surface area contributed by atoms with Crippen LogP contribution in [0.4, 0.5) is 0 Å². The van der Waals surface area contributed by atoms with E-state index in [1.165, 1.54) is 5.56 Å². The van der Waals surface area contributed by atoms with Crippen LogP contribution in [-0.2, 0) is 4.79 Å². The Morgan fingerprint density at radius 2 is 1.86 bits per heavy atom. The molecule has 36 heavy (non-hydrogen) atoms. The molecule has 0 saturated carbocycles. The lowest BCUT2D eigenvalue weighted by molar-refractivity contribution is -0.115. The summed E-state index contributed by atoms with van der Waals surface area (Å²) in [5.41, 5.74) is 5.75. The number of para-hydroxylation sites is 1. The molecule has 3 aliphatic rings. The number of allylic oxidation sites excluding steroid dienone is 2. The normalized spacial score (nSPS) is 24.2. The number of H-pyrrole nitrogens is 2. The number of hydrogen-bond acceptors (Lipinski definition) is 6. The maximum Gasteiger partial charge on any atom is 0.323 e. The minimum Gasteiger partial charge on any atom is -0.334 e. The zero-order chi connectivity index (χ0) is 24.5. The second kappa shape index (κ2) is 9.54. The Hall–Kier alpha value is -4.04. The lowest BCUT2D eigenvalue weighted by Gasteiger charge is -2.32. The lowest BCUT2D eigenvalue weighted by Crippen LogP contribution is -2.39. The zero-order valence-electron chi connectivity index (χ0n) is 19.8. The highest BCUT2D eigenvalue weighted by Crippen LogP contribution is 2.36. The van der Waals surface area contributed by atoms with Crippen LogP contribution in [-0.4, -0.2) is 47.2 Å². The van der Waals surface area contributed by atoms with Crippen molar-refractivity contribution in [1.29, 1.82) is 0 Å². The summed E-state index contributed by atoms with van der Waals surface area (Å²) >= 11 is 0. The molecule has 0 radical (unpaired) electrons. The van der Waals surface area contributed by atoms with E-state index in [0.29, 0.717) is 18.4 Å². The van der Waals surface area contributed by atoms with E-state index < -0.39 is 5.92 Å². The molecule has 182 valence electrons. The van der Waals surface area contributed by atoms with Crippen LogP contribution in [0.3, 0.4) is 0 Å². The van der Waals surface area contributed by atoms with Gasteiger partial charge in [-0.25, -0.2) is 9.79 Å². The monoisotopic (exact) mass is 480 g/mol. The number of fused-ring (bicyclic) bond motifs is 1. The van der Waals surface area contributed by atoms with Crippen LogP contribution in [0.15, 0.2) is 81.0 Å². The molecule has 1 saturated heterocycles. The Morgan fingerprint density at radius 1 is 0.972 bits per heavy atom. The van der Waals surface area contributed by atoms with Gasteiger partial charge in [0.15, 0.2) is 5.78 Å². The maximum atomic E-state index is 13.4. The van der Waals surface area contributed by atoms with Crippen LogP contribution in [0.5, 0.6) is 0 Å². The van der Waals surface area contributed by atoms with Gasteiger partial charge in [-0.2, -0.15) is 0 Å². The van der Waals surface area contributed by atoms with Crippen LogP contribution in [0.1, 0.15) is 36.3 Å².